The first kappa shape index (κ1) is 13.2. The third kappa shape index (κ3) is 5.68. The van der Waals surface area contributed by atoms with Gasteiger partial charge in [-0.2, -0.15) is 0 Å². The minimum atomic E-state index is 0.0120. The van der Waals surface area contributed by atoms with Gasteiger partial charge < -0.3 is 5.73 Å². The lowest BCUT2D eigenvalue weighted by molar-refractivity contribution is 0.404. The molecule has 1 nitrogen and oxygen atoms in total. The van der Waals surface area contributed by atoms with Crippen LogP contribution in [-0.2, 0) is 0 Å². The zero-order valence-electron chi connectivity index (χ0n) is 10.3. The molecule has 0 bridgehead atoms. The molecule has 0 heterocycles. The third-order valence-corrected chi connectivity index (χ3v) is 3.96. The molecule has 2 heteroatoms. The fourth-order valence-electron chi connectivity index (χ4n) is 2.17. The maximum Gasteiger partial charge on any atom is 0.0160 e. The monoisotopic (exact) mass is 227 g/mol. The number of rotatable bonds is 0. The topological polar surface area (TPSA) is 26.0 Å². The molecule has 0 saturated heterocycles. The second kappa shape index (κ2) is 5.46. The van der Waals surface area contributed by atoms with Crippen LogP contribution >= 0.6 is 9.24 Å². The van der Waals surface area contributed by atoms with Crippen molar-refractivity contribution in [3.8, 4) is 0 Å². The summed E-state index contributed by atoms with van der Waals surface area (Å²) >= 11 is 0. The molecule has 0 aromatic heterocycles. The molecule has 0 spiro atoms. The Balaban J connectivity index is 2.53. The maximum absolute atomic E-state index is 6.23. The predicted molar refractivity (Wildman–Crippen MR) is 72.2 cm³/mol. The summed E-state index contributed by atoms with van der Waals surface area (Å²) < 4.78 is 0. The molecule has 0 amide bonds. The van der Waals surface area contributed by atoms with Crippen molar-refractivity contribution in [2.45, 2.75) is 69.5 Å². The SMILES string of the molecule is CC1(N)C/C=C\CCC(C)(P)CCCC1. The molecule has 1 rings (SSSR count). The Bertz CT molecular complexity index is 219. The van der Waals surface area contributed by atoms with Crippen LogP contribution in [0.5, 0.6) is 0 Å². The van der Waals surface area contributed by atoms with E-state index in [9.17, 15) is 0 Å². The molecule has 1 aliphatic carbocycles. The first-order chi connectivity index (χ1) is 6.91. The number of hydrogen-bond donors (Lipinski definition) is 1. The van der Waals surface area contributed by atoms with Crippen LogP contribution in [-0.4, -0.2) is 10.7 Å². The largest absolute Gasteiger partial charge is 0.325 e. The number of hydrogen-bond acceptors (Lipinski definition) is 1. The van der Waals surface area contributed by atoms with Crippen molar-refractivity contribution < 1.29 is 0 Å². The van der Waals surface area contributed by atoms with E-state index in [0.717, 1.165) is 12.8 Å². The molecule has 0 saturated carbocycles. The van der Waals surface area contributed by atoms with E-state index in [1.807, 2.05) is 0 Å². The highest BCUT2D eigenvalue weighted by molar-refractivity contribution is 7.18. The average molecular weight is 227 g/mol. The molecule has 0 aromatic carbocycles. The molecule has 0 radical (unpaired) electrons. The summed E-state index contributed by atoms with van der Waals surface area (Å²) in [6.45, 7) is 4.53. The normalized spacial score (nSPS) is 41.9. The average Bonchev–Trinajstić information content (AvgIpc) is 2.13. The Hall–Kier alpha value is 0.130. The molecule has 1 aliphatic rings. The molecule has 0 aliphatic heterocycles. The zero-order chi connectivity index (χ0) is 11.4. The van der Waals surface area contributed by atoms with Crippen LogP contribution in [0.15, 0.2) is 12.2 Å². The van der Waals surface area contributed by atoms with Gasteiger partial charge in [-0.15, -0.1) is 9.24 Å². The summed E-state index contributed by atoms with van der Waals surface area (Å²) in [7, 11) is 3.03. The van der Waals surface area contributed by atoms with Crippen molar-refractivity contribution in [2.24, 2.45) is 5.73 Å². The van der Waals surface area contributed by atoms with Gasteiger partial charge in [0.2, 0.25) is 0 Å². The van der Waals surface area contributed by atoms with Gasteiger partial charge >= 0.3 is 0 Å². The van der Waals surface area contributed by atoms with E-state index < -0.39 is 0 Å². The Morgan fingerprint density at radius 3 is 2.47 bits per heavy atom. The minimum absolute atomic E-state index is 0.0120. The van der Waals surface area contributed by atoms with Gasteiger partial charge in [0.25, 0.3) is 0 Å². The minimum Gasteiger partial charge on any atom is -0.325 e. The predicted octanol–water partition coefficient (Wildman–Crippen LogP) is 3.64. The lowest BCUT2D eigenvalue weighted by atomic mass is 9.91. The van der Waals surface area contributed by atoms with E-state index in [0.29, 0.717) is 5.16 Å². The molecule has 2 N–H and O–H groups in total. The second-order valence-electron chi connectivity index (χ2n) is 5.73. The Morgan fingerprint density at radius 2 is 1.73 bits per heavy atom. The van der Waals surface area contributed by atoms with Gasteiger partial charge in [0.05, 0.1) is 0 Å². The quantitative estimate of drug-likeness (QED) is 0.496. The van der Waals surface area contributed by atoms with Crippen molar-refractivity contribution >= 4 is 9.24 Å². The van der Waals surface area contributed by atoms with Gasteiger partial charge in [-0.05, 0) is 44.2 Å². The number of allylic oxidation sites excluding steroid dienone is 1. The first-order valence-electron chi connectivity index (χ1n) is 6.14. The maximum atomic E-state index is 6.23. The van der Waals surface area contributed by atoms with Crippen LogP contribution in [0, 0.1) is 0 Å². The number of nitrogens with two attached hydrogens (primary N) is 1. The zero-order valence-corrected chi connectivity index (χ0v) is 11.4. The van der Waals surface area contributed by atoms with E-state index >= 15 is 0 Å². The molecule has 15 heavy (non-hydrogen) atoms. The van der Waals surface area contributed by atoms with Crippen molar-refractivity contribution in [3.63, 3.8) is 0 Å². The van der Waals surface area contributed by atoms with E-state index in [2.05, 4.69) is 35.2 Å². The fourth-order valence-corrected chi connectivity index (χ4v) is 2.54. The molecular weight excluding hydrogens is 201 g/mol. The smallest absolute Gasteiger partial charge is 0.0160 e. The van der Waals surface area contributed by atoms with E-state index in [-0.39, 0.29) is 5.54 Å². The fraction of sp³-hybridized carbons (Fsp3) is 0.846. The Labute approximate surface area is 97.1 Å². The molecule has 0 fully saturated rings. The van der Waals surface area contributed by atoms with Crippen molar-refractivity contribution in [2.75, 3.05) is 0 Å². The standard InChI is InChI=1S/C13H26NP/c1-12(14)8-4-3-5-10-13(2,15)11-7-6-9-12/h3-4H,5-11,14-15H2,1-2H3/b4-3-. The van der Waals surface area contributed by atoms with E-state index in [1.165, 1.54) is 32.1 Å². The van der Waals surface area contributed by atoms with Crippen molar-refractivity contribution in [1.82, 2.24) is 0 Å². The van der Waals surface area contributed by atoms with Crippen LogP contribution < -0.4 is 5.73 Å². The first-order valence-corrected chi connectivity index (χ1v) is 6.72. The summed E-state index contributed by atoms with van der Waals surface area (Å²) in [6, 6.07) is 0. The van der Waals surface area contributed by atoms with Gasteiger partial charge in [-0.25, -0.2) is 0 Å². The van der Waals surface area contributed by atoms with Crippen LogP contribution in [0.3, 0.4) is 0 Å². The third-order valence-electron chi connectivity index (χ3n) is 3.38. The van der Waals surface area contributed by atoms with Gasteiger partial charge in [-0.1, -0.05) is 31.9 Å². The lowest BCUT2D eigenvalue weighted by Gasteiger charge is -2.25. The second-order valence-corrected chi connectivity index (χ2v) is 7.12. The molecular formula is C13H26NP. The van der Waals surface area contributed by atoms with Gasteiger partial charge in [0.15, 0.2) is 0 Å². The van der Waals surface area contributed by atoms with Gasteiger partial charge in [0.1, 0.15) is 0 Å². The van der Waals surface area contributed by atoms with Crippen LogP contribution in [0.4, 0.5) is 0 Å². The summed E-state index contributed by atoms with van der Waals surface area (Å²) in [4.78, 5) is 0. The lowest BCUT2D eigenvalue weighted by Crippen LogP contribution is -2.35. The molecule has 0 aromatic rings. The van der Waals surface area contributed by atoms with Crippen LogP contribution in [0.1, 0.15) is 58.8 Å². The molecule has 3 atom stereocenters. The van der Waals surface area contributed by atoms with Gasteiger partial charge in [0, 0.05) is 5.54 Å². The highest BCUT2D eigenvalue weighted by Gasteiger charge is 2.20. The summed E-state index contributed by atoms with van der Waals surface area (Å²) in [5.41, 5.74) is 6.24. The van der Waals surface area contributed by atoms with E-state index in [4.69, 9.17) is 5.73 Å². The van der Waals surface area contributed by atoms with Crippen molar-refractivity contribution in [3.05, 3.63) is 12.2 Å². The molecule has 88 valence electrons. The highest BCUT2D eigenvalue weighted by Crippen LogP contribution is 2.31. The highest BCUT2D eigenvalue weighted by atomic mass is 31.0. The van der Waals surface area contributed by atoms with Gasteiger partial charge in [-0.3, -0.25) is 0 Å². The van der Waals surface area contributed by atoms with Crippen molar-refractivity contribution in [1.29, 1.82) is 0 Å². The summed E-state index contributed by atoms with van der Waals surface area (Å²) in [6.07, 6.45) is 13.1. The van der Waals surface area contributed by atoms with Crippen LogP contribution in [0.25, 0.3) is 0 Å². The van der Waals surface area contributed by atoms with E-state index in [1.54, 1.807) is 0 Å². The summed E-state index contributed by atoms with van der Waals surface area (Å²) in [5, 5.41) is 0.430. The summed E-state index contributed by atoms with van der Waals surface area (Å²) in [5.74, 6) is 0. The molecule has 3 unspecified atom stereocenters. The Kier molecular flexibility index (Phi) is 4.80. The Morgan fingerprint density at radius 1 is 1.07 bits per heavy atom. The van der Waals surface area contributed by atoms with Crippen LogP contribution in [0.2, 0.25) is 0 Å².